The zero-order chi connectivity index (χ0) is 17.3. The van der Waals surface area contributed by atoms with E-state index >= 15 is 0 Å². The van der Waals surface area contributed by atoms with Crippen molar-refractivity contribution in [1.82, 2.24) is 14.2 Å². The molecule has 3 rings (SSSR count). The molecule has 0 bridgehead atoms. The van der Waals surface area contributed by atoms with Gasteiger partial charge in [-0.15, -0.1) is 11.3 Å². The molecule has 1 aromatic carbocycles. The summed E-state index contributed by atoms with van der Waals surface area (Å²) in [6.07, 6.45) is 0. The van der Waals surface area contributed by atoms with E-state index in [4.69, 9.17) is 5.14 Å². The van der Waals surface area contributed by atoms with Crippen molar-refractivity contribution in [1.29, 1.82) is 0 Å². The van der Waals surface area contributed by atoms with Gasteiger partial charge in [0, 0.05) is 31.6 Å². The van der Waals surface area contributed by atoms with Crippen LogP contribution in [0.15, 0.2) is 23.6 Å². The summed E-state index contributed by atoms with van der Waals surface area (Å²) in [5, 5.41) is 7.44. The van der Waals surface area contributed by atoms with Gasteiger partial charge in [-0.3, -0.25) is 4.90 Å². The van der Waals surface area contributed by atoms with Gasteiger partial charge in [-0.2, -0.15) is 12.7 Å². The van der Waals surface area contributed by atoms with Gasteiger partial charge in [0.15, 0.2) is 0 Å². The second-order valence-corrected chi connectivity index (χ2v) is 7.93. The third kappa shape index (κ3) is 3.78. The summed E-state index contributed by atoms with van der Waals surface area (Å²) >= 11 is 1.32. The van der Waals surface area contributed by atoms with Gasteiger partial charge in [-0.1, -0.05) is 6.07 Å². The van der Waals surface area contributed by atoms with Crippen LogP contribution in [-0.2, 0) is 16.8 Å². The number of nitrogens with two attached hydrogens (primary N) is 1. The van der Waals surface area contributed by atoms with Crippen LogP contribution in [0.3, 0.4) is 0 Å². The molecular formula is C14H16F2N4O2S2. The summed E-state index contributed by atoms with van der Waals surface area (Å²) < 4.78 is 51.4. The first-order valence-electron chi connectivity index (χ1n) is 7.23. The molecule has 1 aliphatic heterocycles. The number of nitrogens with zero attached hydrogens (tertiary/aromatic N) is 3. The van der Waals surface area contributed by atoms with Gasteiger partial charge < -0.3 is 0 Å². The summed E-state index contributed by atoms with van der Waals surface area (Å²) in [4.78, 5) is 6.33. The Hall–Kier alpha value is -1.46. The van der Waals surface area contributed by atoms with Crippen LogP contribution in [0.5, 0.6) is 0 Å². The number of piperazine rings is 1. The fraction of sp³-hybridized carbons (Fsp3) is 0.357. The Morgan fingerprint density at radius 1 is 1.17 bits per heavy atom. The van der Waals surface area contributed by atoms with Crippen molar-refractivity contribution >= 4 is 21.5 Å². The molecule has 0 saturated carbocycles. The topological polar surface area (TPSA) is 79.5 Å². The van der Waals surface area contributed by atoms with Gasteiger partial charge in [0.1, 0.15) is 16.6 Å². The standard InChI is InChI=1S/C14H16F2N4O2S2/c15-10-2-1-3-11(16)14(10)12-9-23-13(18-12)8-19-4-6-20(7-5-19)24(17,21)22/h1-3,9H,4-8H2,(H2,17,21,22). The third-order valence-electron chi connectivity index (χ3n) is 3.82. The van der Waals surface area contributed by atoms with Crippen molar-refractivity contribution in [3.63, 3.8) is 0 Å². The number of hydrogen-bond donors (Lipinski definition) is 1. The predicted molar refractivity (Wildman–Crippen MR) is 87.4 cm³/mol. The van der Waals surface area contributed by atoms with E-state index in [1.807, 2.05) is 4.90 Å². The smallest absolute Gasteiger partial charge is 0.276 e. The van der Waals surface area contributed by atoms with E-state index in [9.17, 15) is 17.2 Å². The highest BCUT2D eigenvalue weighted by Gasteiger charge is 2.24. The van der Waals surface area contributed by atoms with Crippen molar-refractivity contribution in [3.8, 4) is 11.3 Å². The molecule has 24 heavy (non-hydrogen) atoms. The summed E-state index contributed by atoms with van der Waals surface area (Å²) in [7, 11) is -3.65. The Bertz CT molecular complexity index is 813. The molecular weight excluding hydrogens is 358 g/mol. The Morgan fingerprint density at radius 2 is 1.79 bits per heavy atom. The van der Waals surface area contributed by atoms with Crippen LogP contribution in [0.25, 0.3) is 11.3 Å². The number of hydrogen-bond acceptors (Lipinski definition) is 5. The normalized spacial score (nSPS) is 17.3. The highest BCUT2D eigenvalue weighted by atomic mass is 32.2. The van der Waals surface area contributed by atoms with Crippen molar-refractivity contribution in [2.45, 2.75) is 6.54 Å². The summed E-state index contributed by atoms with van der Waals surface area (Å²) in [6.45, 7) is 2.19. The van der Waals surface area contributed by atoms with Crippen LogP contribution in [-0.4, -0.2) is 48.8 Å². The molecule has 0 aliphatic carbocycles. The molecule has 2 aromatic rings. The second kappa shape index (κ2) is 6.81. The summed E-state index contributed by atoms with van der Waals surface area (Å²) in [5.41, 5.74) is 0.146. The monoisotopic (exact) mass is 374 g/mol. The number of aromatic nitrogens is 1. The second-order valence-electron chi connectivity index (χ2n) is 5.44. The molecule has 0 unspecified atom stereocenters. The SMILES string of the molecule is NS(=O)(=O)N1CCN(Cc2nc(-c3c(F)cccc3F)cs2)CC1. The highest BCUT2D eigenvalue weighted by molar-refractivity contribution is 7.86. The minimum atomic E-state index is -3.65. The fourth-order valence-electron chi connectivity index (χ4n) is 2.57. The van der Waals surface area contributed by atoms with Crippen LogP contribution < -0.4 is 5.14 Å². The van der Waals surface area contributed by atoms with E-state index in [1.165, 1.54) is 33.8 Å². The van der Waals surface area contributed by atoms with E-state index in [2.05, 4.69) is 4.98 Å². The largest absolute Gasteiger partial charge is 0.294 e. The van der Waals surface area contributed by atoms with Crippen molar-refractivity contribution < 1.29 is 17.2 Å². The van der Waals surface area contributed by atoms with Gasteiger partial charge in [0.25, 0.3) is 10.2 Å². The zero-order valence-electron chi connectivity index (χ0n) is 12.7. The number of rotatable bonds is 4. The Morgan fingerprint density at radius 3 is 2.38 bits per heavy atom. The van der Waals surface area contributed by atoms with Crippen molar-refractivity contribution in [3.05, 3.63) is 40.2 Å². The van der Waals surface area contributed by atoms with Crippen LogP contribution in [0.4, 0.5) is 8.78 Å². The molecule has 2 heterocycles. The average Bonchev–Trinajstić information content (AvgIpc) is 2.95. The minimum absolute atomic E-state index is 0.126. The lowest BCUT2D eigenvalue weighted by Gasteiger charge is -2.32. The van der Waals surface area contributed by atoms with Crippen LogP contribution >= 0.6 is 11.3 Å². The van der Waals surface area contributed by atoms with Crippen LogP contribution in [0.2, 0.25) is 0 Å². The molecule has 1 aliphatic rings. The number of thiazole rings is 1. The third-order valence-corrected chi connectivity index (χ3v) is 5.74. The Kier molecular flexibility index (Phi) is 4.92. The summed E-state index contributed by atoms with van der Waals surface area (Å²) in [6, 6.07) is 3.71. The van der Waals surface area contributed by atoms with E-state index in [-0.39, 0.29) is 11.3 Å². The van der Waals surface area contributed by atoms with E-state index in [0.29, 0.717) is 32.7 Å². The summed E-state index contributed by atoms with van der Waals surface area (Å²) in [5.74, 6) is -1.29. The Balaban J connectivity index is 1.68. The van der Waals surface area contributed by atoms with Crippen molar-refractivity contribution in [2.24, 2.45) is 5.14 Å². The highest BCUT2D eigenvalue weighted by Crippen LogP contribution is 2.27. The fourth-order valence-corrected chi connectivity index (χ4v) is 4.07. The number of halogens is 2. The lowest BCUT2D eigenvalue weighted by atomic mass is 10.1. The first-order chi connectivity index (χ1) is 11.3. The van der Waals surface area contributed by atoms with Gasteiger partial charge in [-0.05, 0) is 12.1 Å². The zero-order valence-corrected chi connectivity index (χ0v) is 14.3. The Labute approximate surface area is 142 Å². The lowest BCUT2D eigenvalue weighted by molar-refractivity contribution is 0.181. The van der Waals surface area contributed by atoms with Crippen molar-refractivity contribution in [2.75, 3.05) is 26.2 Å². The van der Waals surface area contributed by atoms with Crippen LogP contribution in [0, 0.1) is 11.6 Å². The molecule has 0 spiro atoms. The molecule has 6 nitrogen and oxygen atoms in total. The molecule has 1 aromatic heterocycles. The number of benzene rings is 1. The lowest BCUT2D eigenvalue weighted by Crippen LogP contribution is -2.50. The first-order valence-corrected chi connectivity index (χ1v) is 9.62. The molecule has 1 saturated heterocycles. The maximum absolute atomic E-state index is 13.8. The van der Waals surface area contributed by atoms with Gasteiger partial charge >= 0.3 is 0 Å². The molecule has 0 atom stereocenters. The quantitative estimate of drug-likeness (QED) is 0.878. The van der Waals surface area contributed by atoms with E-state index < -0.39 is 21.8 Å². The van der Waals surface area contributed by atoms with E-state index in [1.54, 1.807) is 5.38 Å². The van der Waals surface area contributed by atoms with Gasteiger partial charge in [0.05, 0.1) is 17.8 Å². The first kappa shape index (κ1) is 17.4. The van der Waals surface area contributed by atoms with Gasteiger partial charge in [0.2, 0.25) is 0 Å². The molecule has 10 heteroatoms. The molecule has 2 N–H and O–H groups in total. The maximum Gasteiger partial charge on any atom is 0.276 e. The maximum atomic E-state index is 13.8. The molecule has 0 radical (unpaired) electrons. The average molecular weight is 374 g/mol. The van der Waals surface area contributed by atoms with Crippen LogP contribution in [0.1, 0.15) is 5.01 Å². The minimum Gasteiger partial charge on any atom is -0.294 e. The van der Waals surface area contributed by atoms with E-state index in [0.717, 1.165) is 5.01 Å². The molecule has 1 fully saturated rings. The van der Waals surface area contributed by atoms with Gasteiger partial charge in [-0.25, -0.2) is 18.9 Å². The predicted octanol–water partition coefficient (Wildman–Crippen LogP) is 1.41. The molecule has 130 valence electrons. The molecule has 0 amide bonds.